The lowest BCUT2D eigenvalue weighted by Crippen LogP contribution is -2.54. The SMILES string of the molecule is OCC1C[C@H](O)C(O)[C@H](O)[C@H]1O. The van der Waals surface area contributed by atoms with E-state index >= 15 is 0 Å². The molecule has 12 heavy (non-hydrogen) atoms. The van der Waals surface area contributed by atoms with Crippen molar-refractivity contribution in [2.24, 2.45) is 5.92 Å². The molecule has 0 bridgehead atoms. The molecule has 0 heterocycles. The minimum atomic E-state index is -1.37. The molecule has 2 unspecified atom stereocenters. The van der Waals surface area contributed by atoms with E-state index in [1.54, 1.807) is 0 Å². The molecule has 5 heteroatoms. The second kappa shape index (κ2) is 3.68. The lowest BCUT2D eigenvalue weighted by atomic mass is 9.81. The molecule has 5 N–H and O–H groups in total. The summed E-state index contributed by atoms with van der Waals surface area (Å²) in [5.41, 5.74) is 0. The van der Waals surface area contributed by atoms with Gasteiger partial charge in [0, 0.05) is 12.5 Å². The fourth-order valence-electron chi connectivity index (χ4n) is 1.48. The lowest BCUT2D eigenvalue weighted by Gasteiger charge is -2.37. The van der Waals surface area contributed by atoms with Gasteiger partial charge in [0.15, 0.2) is 0 Å². The van der Waals surface area contributed by atoms with E-state index in [0.29, 0.717) is 0 Å². The Morgan fingerprint density at radius 1 is 0.917 bits per heavy atom. The molecule has 0 amide bonds. The molecule has 1 aliphatic rings. The second-order valence-electron chi connectivity index (χ2n) is 3.22. The second-order valence-corrected chi connectivity index (χ2v) is 3.22. The molecule has 1 aliphatic carbocycles. The van der Waals surface area contributed by atoms with Gasteiger partial charge < -0.3 is 25.5 Å². The molecular formula is C7H14O5. The van der Waals surface area contributed by atoms with Gasteiger partial charge in [-0.05, 0) is 6.42 Å². The van der Waals surface area contributed by atoms with Crippen molar-refractivity contribution in [2.75, 3.05) is 6.61 Å². The maximum absolute atomic E-state index is 9.24. The molecule has 0 saturated heterocycles. The highest BCUT2D eigenvalue weighted by molar-refractivity contribution is 4.91. The molecular weight excluding hydrogens is 164 g/mol. The van der Waals surface area contributed by atoms with Gasteiger partial charge in [-0.25, -0.2) is 0 Å². The summed E-state index contributed by atoms with van der Waals surface area (Å²) in [4.78, 5) is 0. The Morgan fingerprint density at radius 3 is 2.00 bits per heavy atom. The van der Waals surface area contributed by atoms with Crippen LogP contribution < -0.4 is 0 Å². The van der Waals surface area contributed by atoms with E-state index in [4.69, 9.17) is 20.4 Å². The monoisotopic (exact) mass is 178 g/mol. The molecule has 0 aromatic carbocycles. The Hall–Kier alpha value is -0.200. The molecule has 0 aliphatic heterocycles. The predicted molar refractivity (Wildman–Crippen MR) is 39.2 cm³/mol. The third kappa shape index (κ3) is 1.60. The van der Waals surface area contributed by atoms with Crippen molar-refractivity contribution in [1.82, 2.24) is 0 Å². The minimum Gasteiger partial charge on any atom is -0.396 e. The summed E-state index contributed by atoms with van der Waals surface area (Å²) in [7, 11) is 0. The maximum Gasteiger partial charge on any atom is 0.109 e. The molecule has 0 spiro atoms. The van der Waals surface area contributed by atoms with Crippen molar-refractivity contribution in [3.05, 3.63) is 0 Å². The Morgan fingerprint density at radius 2 is 1.50 bits per heavy atom. The van der Waals surface area contributed by atoms with Gasteiger partial charge in [-0.15, -0.1) is 0 Å². The largest absolute Gasteiger partial charge is 0.396 e. The zero-order valence-electron chi connectivity index (χ0n) is 6.54. The number of hydrogen-bond donors (Lipinski definition) is 5. The number of rotatable bonds is 1. The van der Waals surface area contributed by atoms with Gasteiger partial charge >= 0.3 is 0 Å². The van der Waals surface area contributed by atoms with Crippen LogP contribution in [0.2, 0.25) is 0 Å². The van der Waals surface area contributed by atoms with Crippen LogP contribution in [0, 0.1) is 5.92 Å². The molecule has 1 saturated carbocycles. The summed E-state index contributed by atoms with van der Waals surface area (Å²) in [5, 5.41) is 45.3. The summed E-state index contributed by atoms with van der Waals surface area (Å²) in [6, 6.07) is 0. The average Bonchev–Trinajstić information content (AvgIpc) is 2.08. The lowest BCUT2D eigenvalue weighted by molar-refractivity contribution is -0.163. The Bertz CT molecular complexity index is 146. The van der Waals surface area contributed by atoms with Crippen LogP contribution in [0.3, 0.4) is 0 Å². The summed E-state index contributed by atoms with van der Waals surface area (Å²) in [5.74, 6) is -0.557. The van der Waals surface area contributed by atoms with E-state index in [1.165, 1.54) is 0 Å². The molecule has 1 fully saturated rings. The van der Waals surface area contributed by atoms with Crippen LogP contribution >= 0.6 is 0 Å². The first kappa shape index (κ1) is 9.88. The van der Waals surface area contributed by atoms with E-state index in [1.807, 2.05) is 0 Å². The number of hydrogen-bond acceptors (Lipinski definition) is 5. The summed E-state index contributed by atoms with van der Waals surface area (Å²) in [6.07, 6.45) is -4.81. The summed E-state index contributed by atoms with van der Waals surface area (Å²) < 4.78 is 0. The Balaban J connectivity index is 2.63. The summed E-state index contributed by atoms with van der Waals surface area (Å²) >= 11 is 0. The van der Waals surface area contributed by atoms with Gasteiger partial charge in [-0.2, -0.15) is 0 Å². The van der Waals surface area contributed by atoms with Gasteiger partial charge in [-0.3, -0.25) is 0 Å². The molecule has 72 valence electrons. The van der Waals surface area contributed by atoms with Gasteiger partial charge in [0.25, 0.3) is 0 Å². The average molecular weight is 178 g/mol. The Kier molecular flexibility index (Phi) is 3.03. The van der Waals surface area contributed by atoms with Crippen molar-refractivity contribution < 1.29 is 25.5 Å². The zero-order chi connectivity index (χ0) is 9.30. The molecule has 5 nitrogen and oxygen atoms in total. The molecule has 1 rings (SSSR count). The predicted octanol–water partition coefficient (Wildman–Crippen LogP) is -2.56. The van der Waals surface area contributed by atoms with Crippen LogP contribution in [0.5, 0.6) is 0 Å². The van der Waals surface area contributed by atoms with Crippen LogP contribution in [0.4, 0.5) is 0 Å². The highest BCUT2D eigenvalue weighted by atomic mass is 16.4. The highest BCUT2D eigenvalue weighted by Crippen LogP contribution is 2.25. The van der Waals surface area contributed by atoms with E-state index in [-0.39, 0.29) is 13.0 Å². The van der Waals surface area contributed by atoms with Crippen molar-refractivity contribution in [3.63, 3.8) is 0 Å². The third-order valence-electron chi connectivity index (χ3n) is 2.36. The Labute approximate surface area is 69.9 Å². The minimum absolute atomic E-state index is 0.107. The van der Waals surface area contributed by atoms with Gasteiger partial charge in [0.2, 0.25) is 0 Å². The van der Waals surface area contributed by atoms with Gasteiger partial charge in [-0.1, -0.05) is 0 Å². The topological polar surface area (TPSA) is 101 Å². The van der Waals surface area contributed by atoms with Crippen molar-refractivity contribution in [3.8, 4) is 0 Å². The van der Waals surface area contributed by atoms with Gasteiger partial charge in [0.1, 0.15) is 12.2 Å². The summed E-state index contributed by atoms with van der Waals surface area (Å²) in [6.45, 7) is -0.304. The molecule has 5 atom stereocenters. The fourth-order valence-corrected chi connectivity index (χ4v) is 1.48. The fraction of sp³-hybridized carbons (Fsp3) is 1.00. The number of aliphatic hydroxyl groups is 5. The quantitative estimate of drug-likeness (QED) is 0.304. The van der Waals surface area contributed by atoms with Crippen LogP contribution in [-0.2, 0) is 0 Å². The van der Waals surface area contributed by atoms with E-state index in [2.05, 4.69) is 0 Å². The standard InChI is InChI=1S/C7H14O5/c8-2-3-1-4(9)6(11)7(12)5(3)10/h3-12H,1-2H2/t3?,4-,5-,6?,7+/m0/s1. The first-order valence-corrected chi connectivity index (χ1v) is 3.91. The van der Waals surface area contributed by atoms with E-state index in [9.17, 15) is 5.11 Å². The normalized spacial score (nSPS) is 49.2. The van der Waals surface area contributed by atoms with Crippen molar-refractivity contribution in [2.45, 2.75) is 30.8 Å². The van der Waals surface area contributed by atoms with E-state index < -0.39 is 30.3 Å². The highest BCUT2D eigenvalue weighted by Gasteiger charge is 2.41. The van der Waals surface area contributed by atoms with Gasteiger partial charge in [0.05, 0.1) is 12.2 Å². The first-order chi connectivity index (χ1) is 5.57. The molecule has 0 aromatic heterocycles. The van der Waals surface area contributed by atoms with Crippen LogP contribution in [0.25, 0.3) is 0 Å². The third-order valence-corrected chi connectivity index (χ3v) is 2.36. The maximum atomic E-state index is 9.24. The van der Waals surface area contributed by atoms with Crippen LogP contribution in [0.15, 0.2) is 0 Å². The van der Waals surface area contributed by atoms with Crippen LogP contribution in [-0.4, -0.2) is 56.6 Å². The van der Waals surface area contributed by atoms with E-state index in [0.717, 1.165) is 0 Å². The molecule has 0 radical (unpaired) electrons. The smallest absolute Gasteiger partial charge is 0.109 e. The van der Waals surface area contributed by atoms with Crippen LogP contribution in [0.1, 0.15) is 6.42 Å². The molecule has 0 aromatic rings. The van der Waals surface area contributed by atoms with Crippen molar-refractivity contribution in [1.29, 1.82) is 0 Å². The first-order valence-electron chi connectivity index (χ1n) is 3.91. The van der Waals surface area contributed by atoms with Crippen molar-refractivity contribution >= 4 is 0 Å². The zero-order valence-corrected chi connectivity index (χ0v) is 6.54. The number of aliphatic hydroxyl groups excluding tert-OH is 5.